The first-order chi connectivity index (χ1) is 10.4. The summed E-state index contributed by atoms with van der Waals surface area (Å²) in [6, 6.07) is 3.70. The minimum atomic E-state index is -0.893. The Kier molecular flexibility index (Phi) is 5.43. The third-order valence-electron chi connectivity index (χ3n) is 3.58. The number of carbonyl (C=O) groups is 2. The van der Waals surface area contributed by atoms with Crippen LogP contribution in [0.1, 0.15) is 58.2 Å². The van der Waals surface area contributed by atoms with Gasteiger partial charge in [0.1, 0.15) is 5.75 Å². The van der Waals surface area contributed by atoms with Crippen molar-refractivity contribution in [3.63, 3.8) is 0 Å². The third-order valence-corrected chi connectivity index (χ3v) is 3.58. The molecule has 0 aliphatic heterocycles. The van der Waals surface area contributed by atoms with Gasteiger partial charge < -0.3 is 10.4 Å². The van der Waals surface area contributed by atoms with E-state index in [-0.39, 0.29) is 23.1 Å². The van der Waals surface area contributed by atoms with Gasteiger partial charge in [-0.3, -0.25) is 15.0 Å². The quantitative estimate of drug-likeness (QED) is 0.287. The lowest BCUT2D eigenvalue weighted by Crippen LogP contribution is -2.42. The number of rotatable bonds is 2. The van der Waals surface area contributed by atoms with Crippen LogP contribution in [0, 0.1) is 0 Å². The number of nitrogens with one attached hydrogen (secondary N) is 2. The number of phenolic OH excluding ortho intramolecular Hbond substituents is 1. The summed E-state index contributed by atoms with van der Waals surface area (Å²) in [6.07, 6.45) is 0. The van der Waals surface area contributed by atoms with Crippen LogP contribution in [0.4, 0.5) is 0 Å². The fraction of sp³-hybridized carbons (Fsp3) is 0.529. The molecule has 6 heteroatoms. The van der Waals surface area contributed by atoms with Crippen LogP contribution in [-0.4, -0.2) is 16.9 Å². The van der Waals surface area contributed by atoms with Gasteiger partial charge in [0.15, 0.2) is 0 Å². The Labute approximate surface area is 137 Å². The highest BCUT2D eigenvalue weighted by atomic mass is 16.3. The molecule has 0 spiro atoms. The summed E-state index contributed by atoms with van der Waals surface area (Å²) in [5.41, 5.74) is 3.71. The smallest absolute Gasteiger partial charge is 0.323 e. The van der Waals surface area contributed by atoms with Crippen molar-refractivity contribution in [3.05, 3.63) is 28.8 Å². The predicted molar refractivity (Wildman–Crippen MR) is 89.7 cm³/mol. The Hall–Kier alpha value is -2.08. The summed E-state index contributed by atoms with van der Waals surface area (Å²) >= 11 is 0. The van der Waals surface area contributed by atoms with E-state index in [1.165, 1.54) is 0 Å². The fourth-order valence-corrected chi connectivity index (χ4v) is 2.27. The lowest BCUT2D eigenvalue weighted by atomic mass is 9.78. The number of hydrazine groups is 1. The van der Waals surface area contributed by atoms with Crippen molar-refractivity contribution in [3.8, 4) is 5.75 Å². The zero-order chi connectivity index (χ0) is 18.0. The van der Waals surface area contributed by atoms with Crippen LogP contribution in [-0.2, 0) is 27.0 Å². The van der Waals surface area contributed by atoms with E-state index in [1.54, 1.807) is 5.43 Å². The Balaban J connectivity index is 3.24. The normalized spacial score (nSPS) is 12.0. The highest BCUT2D eigenvalue weighted by Crippen LogP contribution is 2.39. The Morgan fingerprint density at radius 2 is 1.43 bits per heavy atom. The largest absolute Gasteiger partial charge is 0.507 e. The Morgan fingerprint density at radius 1 is 1.00 bits per heavy atom. The van der Waals surface area contributed by atoms with Gasteiger partial charge in [-0.1, -0.05) is 41.5 Å². The maximum Gasteiger partial charge on any atom is 0.323 e. The van der Waals surface area contributed by atoms with Crippen LogP contribution in [0.25, 0.3) is 0 Å². The van der Waals surface area contributed by atoms with Crippen molar-refractivity contribution in [1.82, 2.24) is 10.7 Å². The monoisotopic (exact) mass is 321 g/mol. The van der Waals surface area contributed by atoms with Gasteiger partial charge in [-0.05, 0) is 39.7 Å². The van der Waals surface area contributed by atoms with Gasteiger partial charge in [0.2, 0.25) is 0 Å². The summed E-state index contributed by atoms with van der Waals surface area (Å²) in [4.78, 5) is 22.7. The summed E-state index contributed by atoms with van der Waals surface area (Å²) in [5, 5.41) is 13.1. The first-order valence-corrected chi connectivity index (χ1v) is 7.53. The second-order valence-corrected chi connectivity index (χ2v) is 7.70. The molecule has 1 aromatic carbocycles. The molecule has 0 aliphatic carbocycles. The second kappa shape index (κ2) is 6.58. The molecular weight excluding hydrogens is 294 g/mol. The minimum absolute atomic E-state index is 0.179. The fourth-order valence-electron chi connectivity index (χ4n) is 2.27. The Morgan fingerprint density at radius 3 is 1.78 bits per heavy atom. The molecule has 0 aliphatic rings. The molecule has 5 N–H and O–H groups in total. The first kappa shape index (κ1) is 19.0. The lowest BCUT2D eigenvalue weighted by Gasteiger charge is -2.28. The molecule has 0 saturated carbocycles. The number of phenols is 1. The van der Waals surface area contributed by atoms with Crippen LogP contribution in [0.15, 0.2) is 12.1 Å². The van der Waals surface area contributed by atoms with E-state index < -0.39 is 11.8 Å². The molecule has 0 bridgehead atoms. The van der Waals surface area contributed by atoms with E-state index >= 15 is 0 Å². The van der Waals surface area contributed by atoms with E-state index in [4.69, 9.17) is 5.84 Å². The molecule has 0 atom stereocenters. The molecule has 1 aromatic rings. The van der Waals surface area contributed by atoms with Crippen LogP contribution in [0.2, 0.25) is 0 Å². The van der Waals surface area contributed by atoms with Gasteiger partial charge in [0, 0.05) is 6.54 Å². The lowest BCUT2D eigenvalue weighted by molar-refractivity contribution is -0.139. The Bertz CT molecular complexity index is 575. The minimum Gasteiger partial charge on any atom is -0.507 e. The number of amides is 2. The molecule has 0 heterocycles. The average Bonchev–Trinajstić information content (AvgIpc) is 2.42. The molecule has 0 radical (unpaired) electrons. The van der Waals surface area contributed by atoms with Crippen LogP contribution in [0.5, 0.6) is 5.75 Å². The number of nitrogens with two attached hydrogens (primary N) is 1. The molecule has 0 fully saturated rings. The van der Waals surface area contributed by atoms with E-state index in [1.807, 2.05) is 53.7 Å². The van der Waals surface area contributed by atoms with Gasteiger partial charge >= 0.3 is 11.8 Å². The molecule has 0 unspecified atom stereocenters. The van der Waals surface area contributed by atoms with Crippen LogP contribution in [0.3, 0.4) is 0 Å². The highest BCUT2D eigenvalue weighted by molar-refractivity contribution is 6.34. The van der Waals surface area contributed by atoms with Crippen molar-refractivity contribution >= 4 is 11.8 Å². The van der Waals surface area contributed by atoms with E-state index in [0.717, 1.165) is 16.7 Å². The zero-order valence-electron chi connectivity index (χ0n) is 14.7. The SMILES string of the molecule is CC(C)(C)c1cc(CNC(=O)C(=O)NN)cc(C(C)(C)C)c1O. The molecule has 0 aromatic heterocycles. The number of carbonyl (C=O) groups excluding carboxylic acids is 2. The molecule has 0 saturated heterocycles. The van der Waals surface area contributed by atoms with E-state index in [9.17, 15) is 14.7 Å². The van der Waals surface area contributed by atoms with Crippen molar-refractivity contribution in [2.75, 3.05) is 0 Å². The standard InChI is InChI=1S/C17H27N3O3/c1-16(2,3)11-7-10(9-19-14(22)15(23)20-18)8-12(13(11)21)17(4,5)6/h7-8,21H,9,18H2,1-6H3,(H,19,22)(H,20,23). The summed E-state index contributed by atoms with van der Waals surface area (Å²) in [6.45, 7) is 12.3. The number of benzene rings is 1. The maximum absolute atomic E-state index is 11.5. The topological polar surface area (TPSA) is 104 Å². The van der Waals surface area contributed by atoms with Gasteiger partial charge in [-0.15, -0.1) is 0 Å². The average molecular weight is 321 g/mol. The van der Waals surface area contributed by atoms with Crippen molar-refractivity contribution in [1.29, 1.82) is 0 Å². The zero-order valence-corrected chi connectivity index (χ0v) is 14.7. The van der Waals surface area contributed by atoms with E-state index in [0.29, 0.717) is 0 Å². The van der Waals surface area contributed by atoms with Crippen LogP contribution < -0.4 is 16.6 Å². The molecule has 23 heavy (non-hydrogen) atoms. The van der Waals surface area contributed by atoms with Crippen molar-refractivity contribution in [2.24, 2.45) is 5.84 Å². The molecule has 128 valence electrons. The van der Waals surface area contributed by atoms with E-state index in [2.05, 4.69) is 5.32 Å². The number of aromatic hydroxyl groups is 1. The maximum atomic E-state index is 11.5. The third kappa shape index (κ3) is 4.69. The number of hydrogen-bond acceptors (Lipinski definition) is 4. The highest BCUT2D eigenvalue weighted by Gasteiger charge is 2.26. The molecule has 1 rings (SSSR count). The number of hydrogen-bond donors (Lipinski definition) is 4. The van der Waals surface area contributed by atoms with Gasteiger partial charge in [-0.2, -0.15) is 0 Å². The van der Waals surface area contributed by atoms with Crippen molar-refractivity contribution in [2.45, 2.75) is 58.9 Å². The van der Waals surface area contributed by atoms with Gasteiger partial charge in [0.25, 0.3) is 0 Å². The summed E-state index contributed by atoms with van der Waals surface area (Å²) in [5.74, 6) is 3.52. The van der Waals surface area contributed by atoms with Crippen molar-refractivity contribution < 1.29 is 14.7 Å². The first-order valence-electron chi connectivity index (χ1n) is 7.53. The molecular formula is C17H27N3O3. The molecule has 2 amide bonds. The second-order valence-electron chi connectivity index (χ2n) is 7.70. The summed E-state index contributed by atoms with van der Waals surface area (Å²) < 4.78 is 0. The predicted octanol–water partition coefficient (Wildman–Crippen LogP) is 1.59. The molecule has 6 nitrogen and oxygen atoms in total. The van der Waals surface area contributed by atoms with Gasteiger partial charge in [0.05, 0.1) is 0 Å². The van der Waals surface area contributed by atoms with Crippen LogP contribution >= 0.6 is 0 Å². The summed E-state index contributed by atoms with van der Waals surface area (Å²) in [7, 11) is 0. The van der Waals surface area contributed by atoms with Gasteiger partial charge in [-0.25, -0.2) is 5.84 Å².